The average molecular weight is 290 g/mol. The van der Waals surface area contributed by atoms with E-state index < -0.39 is 17.4 Å². The molecule has 1 unspecified atom stereocenters. The second kappa shape index (κ2) is 6.08. The van der Waals surface area contributed by atoms with Crippen molar-refractivity contribution in [1.82, 2.24) is 0 Å². The largest absolute Gasteiger partial charge is 0.466 e. The number of carbonyl (C=O) groups excluding carboxylic acids is 3. The molecular formula is C16H18O5. The molecule has 112 valence electrons. The third kappa shape index (κ3) is 2.68. The molecule has 5 nitrogen and oxygen atoms in total. The van der Waals surface area contributed by atoms with Crippen LogP contribution in [0.2, 0.25) is 0 Å². The Kier molecular flexibility index (Phi) is 4.40. The molecule has 1 aliphatic rings. The first-order valence-corrected chi connectivity index (χ1v) is 7.00. The Morgan fingerprint density at radius 2 is 1.81 bits per heavy atom. The van der Waals surface area contributed by atoms with Gasteiger partial charge in [0.15, 0.2) is 5.78 Å². The maximum absolute atomic E-state index is 12.7. The molecule has 0 fully saturated rings. The fraction of sp³-hybridized carbons (Fsp3) is 0.438. The topological polar surface area (TPSA) is 69.7 Å². The van der Waals surface area contributed by atoms with Crippen LogP contribution in [0.25, 0.3) is 0 Å². The van der Waals surface area contributed by atoms with E-state index >= 15 is 0 Å². The van der Waals surface area contributed by atoms with Gasteiger partial charge in [0.25, 0.3) is 0 Å². The summed E-state index contributed by atoms with van der Waals surface area (Å²) in [6.07, 6.45) is -0.104. The van der Waals surface area contributed by atoms with Crippen LogP contribution in [0.5, 0.6) is 0 Å². The van der Waals surface area contributed by atoms with Gasteiger partial charge in [0, 0.05) is 5.56 Å². The molecule has 1 aromatic rings. The van der Waals surface area contributed by atoms with Crippen LogP contribution in [0.15, 0.2) is 24.3 Å². The summed E-state index contributed by atoms with van der Waals surface area (Å²) in [7, 11) is 0. The monoisotopic (exact) mass is 290 g/mol. The molecule has 0 bridgehead atoms. The minimum absolute atomic E-state index is 0.160. The zero-order chi connectivity index (χ0) is 15.5. The van der Waals surface area contributed by atoms with E-state index in [1.165, 1.54) is 0 Å². The number of ether oxygens (including phenoxy) is 2. The number of ketones is 1. The van der Waals surface area contributed by atoms with Crippen molar-refractivity contribution in [3.05, 3.63) is 35.4 Å². The number of carbonyl (C=O) groups is 3. The van der Waals surface area contributed by atoms with Crippen molar-refractivity contribution >= 4 is 17.7 Å². The second-order valence-corrected chi connectivity index (χ2v) is 4.95. The minimum Gasteiger partial charge on any atom is -0.466 e. The zero-order valence-corrected chi connectivity index (χ0v) is 12.2. The molecule has 0 aromatic heterocycles. The van der Waals surface area contributed by atoms with Gasteiger partial charge in [-0.1, -0.05) is 24.3 Å². The molecule has 0 aliphatic heterocycles. The Morgan fingerprint density at radius 1 is 1.14 bits per heavy atom. The van der Waals surface area contributed by atoms with Gasteiger partial charge in [-0.3, -0.25) is 14.4 Å². The van der Waals surface area contributed by atoms with Crippen LogP contribution in [0.3, 0.4) is 0 Å². The van der Waals surface area contributed by atoms with Gasteiger partial charge < -0.3 is 9.47 Å². The Morgan fingerprint density at radius 3 is 2.43 bits per heavy atom. The maximum atomic E-state index is 12.7. The SMILES string of the molecule is CCOC(=O)CC1(C(=O)OCC)Cc2ccccc2C1=O. The van der Waals surface area contributed by atoms with E-state index in [2.05, 4.69) is 0 Å². The third-order valence-electron chi connectivity index (χ3n) is 3.61. The van der Waals surface area contributed by atoms with Crippen LogP contribution in [0.1, 0.15) is 36.2 Å². The van der Waals surface area contributed by atoms with Gasteiger partial charge in [-0.2, -0.15) is 0 Å². The van der Waals surface area contributed by atoms with Crippen LogP contribution >= 0.6 is 0 Å². The third-order valence-corrected chi connectivity index (χ3v) is 3.61. The lowest BCUT2D eigenvalue weighted by Gasteiger charge is -2.23. The number of benzene rings is 1. The maximum Gasteiger partial charge on any atom is 0.320 e. The van der Waals surface area contributed by atoms with Crippen molar-refractivity contribution < 1.29 is 23.9 Å². The number of esters is 2. The van der Waals surface area contributed by atoms with Crippen molar-refractivity contribution in [2.45, 2.75) is 26.7 Å². The summed E-state index contributed by atoms with van der Waals surface area (Å²) in [6, 6.07) is 7.00. The molecule has 0 spiro atoms. The fourth-order valence-electron chi connectivity index (χ4n) is 2.67. The lowest BCUT2D eigenvalue weighted by Crippen LogP contribution is -2.41. The quantitative estimate of drug-likeness (QED) is 0.612. The van der Waals surface area contributed by atoms with E-state index in [1.54, 1.807) is 38.1 Å². The molecule has 0 N–H and O–H groups in total. The predicted octanol–water partition coefficient (Wildman–Crippen LogP) is 1.93. The summed E-state index contributed by atoms with van der Waals surface area (Å²) < 4.78 is 9.95. The Balaban J connectivity index is 2.38. The van der Waals surface area contributed by atoms with Crippen LogP contribution in [-0.2, 0) is 25.5 Å². The smallest absolute Gasteiger partial charge is 0.320 e. The Labute approximate surface area is 123 Å². The molecule has 0 saturated heterocycles. The fourth-order valence-corrected chi connectivity index (χ4v) is 2.67. The Bertz CT molecular complexity index is 578. The summed E-state index contributed by atoms with van der Waals surface area (Å²) in [6.45, 7) is 3.72. The zero-order valence-electron chi connectivity index (χ0n) is 12.2. The second-order valence-electron chi connectivity index (χ2n) is 4.95. The highest BCUT2D eigenvalue weighted by molar-refractivity contribution is 6.17. The molecule has 1 aromatic carbocycles. The number of hydrogen-bond acceptors (Lipinski definition) is 5. The van der Waals surface area contributed by atoms with Crippen molar-refractivity contribution in [1.29, 1.82) is 0 Å². The summed E-state index contributed by atoms with van der Waals surface area (Å²) in [5.41, 5.74) is -0.235. The van der Waals surface area contributed by atoms with Crippen LogP contribution in [-0.4, -0.2) is 30.9 Å². The molecule has 2 rings (SSSR count). The summed E-state index contributed by atoms with van der Waals surface area (Å²) in [5.74, 6) is -1.57. The lowest BCUT2D eigenvalue weighted by atomic mass is 9.80. The Hall–Kier alpha value is -2.17. The van der Waals surface area contributed by atoms with Crippen LogP contribution in [0.4, 0.5) is 0 Å². The average Bonchev–Trinajstić information content (AvgIpc) is 2.74. The lowest BCUT2D eigenvalue weighted by molar-refractivity contribution is -0.158. The normalized spacial score (nSPS) is 20.0. The van der Waals surface area contributed by atoms with Gasteiger partial charge in [0.2, 0.25) is 0 Å². The van der Waals surface area contributed by atoms with E-state index in [-0.39, 0.29) is 31.8 Å². The van der Waals surface area contributed by atoms with Crippen molar-refractivity contribution in [3.63, 3.8) is 0 Å². The van der Waals surface area contributed by atoms with Crippen LogP contribution in [0, 0.1) is 5.41 Å². The van der Waals surface area contributed by atoms with Crippen molar-refractivity contribution in [2.75, 3.05) is 13.2 Å². The van der Waals surface area contributed by atoms with E-state index in [1.807, 2.05) is 0 Å². The van der Waals surface area contributed by atoms with Gasteiger partial charge in [-0.25, -0.2) is 0 Å². The first kappa shape index (κ1) is 15.2. The van der Waals surface area contributed by atoms with Gasteiger partial charge in [0.1, 0.15) is 5.41 Å². The van der Waals surface area contributed by atoms with E-state index in [0.29, 0.717) is 5.56 Å². The van der Waals surface area contributed by atoms with Gasteiger partial charge in [0.05, 0.1) is 19.6 Å². The number of rotatable bonds is 5. The molecule has 21 heavy (non-hydrogen) atoms. The molecule has 0 radical (unpaired) electrons. The predicted molar refractivity (Wildman–Crippen MR) is 74.8 cm³/mol. The van der Waals surface area contributed by atoms with Crippen molar-refractivity contribution in [2.24, 2.45) is 5.41 Å². The summed E-state index contributed by atoms with van der Waals surface area (Å²) in [5, 5.41) is 0. The summed E-state index contributed by atoms with van der Waals surface area (Å²) >= 11 is 0. The highest BCUT2D eigenvalue weighted by Gasteiger charge is 2.54. The molecule has 1 aliphatic carbocycles. The highest BCUT2D eigenvalue weighted by atomic mass is 16.5. The van der Waals surface area contributed by atoms with Gasteiger partial charge in [-0.05, 0) is 25.8 Å². The highest BCUT2D eigenvalue weighted by Crippen LogP contribution is 2.41. The molecule has 5 heteroatoms. The molecule has 0 saturated carbocycles. The molecule has 0 amide bonds. The van der Waals surface area contributed by atoms with E-state index in [4.69, 9.17) is 9.47 Å². The molecule has 0 heterocycles. The van der Waals surface area contributed by atoms with E-state index in [0.717, 1.165) is 5.56 Å². The molecular weight excluding hydrogens is 272 g/mol. The van der Waals surface area contributed by atoms with Crippen LogP contribution < -0.4 is 0 Å². The van der Waals surface area contributed by atoms with Crippen molar-refractivity contribution in [3.8, 4) is 0 Å². The van der Waals surface area contributed by atoms with Gasteiger partial charge in [-0.15, -0.1) is 0 Å². The summed E-state index contributed by atoms with van der Waals surface area (Å²) in [4.78, 5) is 36.8. The number of hydrogen-bond donors (Lipinski definition) is 0. The minimum atomic E-state index is -1.48. The first-order chi connectivity index (χ1) is 10.0. The van der Waals surface area contributed by atoms with E-state index in [9.17, 15) is 14.4 Å². The number of fused-ring (bicyclic) bond motifs is 1. The molecule has 1 atom stereocenters. The first-order valence-electron chi connectivity index (χ1n) is 7.00. The van der Waals surface area contributed by atoms with Gasteiger partial charge >= 0.3 is 11.9 Å². The number of Topliss-reactive ketones (excluding diaryl/α,β-unsaturated/α-hetero) is 1. The standard InChI is InChI=1S/C16H18O5/c1-3-20-13(17)10-16(15(19)21-4-2)9-11-7-5-6-8-12(11)14(16)18/h5-8H,3-4,9-10H2,1-2H3.